The van der Waals surface area contributed by atoms with Crippen molar-refractivity contribution in [3.63, 3.8) is 0 Å². The molecule has 0 aromatic carbocycles. The largest absolute Gasteiger partial charge is 0.389 e. The number of β-amino-alcohol motifs (C(OH)–C–C–N with tert-alkyl or cyclic N) is 1. The Labute approximate surface area is 138 Å². The molecule has 1 aliphatic heterocycles. The van der Waals surface area contributed by atoms with E-state index in [2.05, 4.69) is 9.88 Å². The van der Waals surface area contributed by atoms with Crippen LogP contribution in [0.1, 0.15) is 49.0 Å². The summed E-state index contributed by atoms with van der Waals surface area (Å²) < 4.78 is 0. The summed E-state index contributed by atoms with van der Waals surface area (Å²) in [4.78, 5) is 20.9. The van der Waals surface area contributed by atoms with Crippen molar-refractivity contribution in [2.75, 3.05) is 32.7 Å². The predicted molar refractivity (Wildman–Crippen MR) is 89.2 cm³/mol. The van der Waals surface area contributed by atoms with Crippen LogP contribution in [0.25, 0.3) is 0 Å². The monoisotopic (exact) mass is 317 g/mol. The molecule has 0 unspecified atom stereocenters. The van der Waals surface area contributed by atoms with Gasteiger partial charge in [-0.25, -0.2) is 0 Å². The van der Waals surface area contributed by atoms with E-state index in [9.17, 15) is 9.90 Å². The molecule has 2 aliphatic rings. The van der Waals surface area contributed by atoms with E-state index >= 15 is 0 Å². The standard InChI is InChI=1S/C18H27N3O2/c22-17(16-7-2-5-10-19-16)21-12-6-11-20(13-14-21)15-18(23)8-3-1-4-9-18/h2,5,7,10,23H,1,3-4,6,8-9,11-15H2. The van der Waals surface area contributed by atoms with Gasteiger partial charge < -0.3 is 10.0 Å². The molecule has 2 heterocycles. The van der Waals surface area contributed by atoms with Gasteiger partial charge in [-0.05, 0) is 31.4 Å². The van der Waals surface area contributed by atoms with Crippen LogP contribution in [-0.4, -0.2) is 64.1 Å². The zero-order valence-electron chi connectivity index (χ0n) is 13.8. The minimum atomic E-state index is -0.515. The molecule has 5 nitrogen and oxygen atoms in total. The number of carbonyl (C=O) groups excluding carboxylic acids is 1. The highest BCUT2D eigenvalue weighted by molar-refractivity contribution is 5.92. The molecule has 1 aromatic heterocycles. The summed E-state index contributed by atoms with van der Waals surface area (Å²) in [6.45, 7) is 4.02. The van der Waals surface area contributed by atoms with Gasteiger partial charge in [0.2, 0.25) is 0 Å². The fraction of sp³-hybridized carbons (Fsp3) is 0.667. The van der Waals surface area contributed by atoms with Gasteiger partial charge in [0.25, 0.3) is 5.91 Å². The lowest BCUT2D eigenvalue weighted by molar-refractivity contribution is -0.0252. The van der Waals surface area contributed by atoms with Gasteiger partial charge in [0.1, 0.15) is 5.69 Å². The molecule has 0 radical (unpaired) electrons. The molecule has 0 atom stereocenters. The molecule has 1 saturated carbocycles. The van der Waals surface area contributed by atoms with Crippen LogP contribution in [0.5, 0.6) is 0 Å². The van der Waals surface area contributed by atoms with Crippen LogP contribution in [0.2, 0.25) is 0 Å². The minimum Gasteiger partial charge on any atom is -0.389 e. The van der Waals surface area contributed by atoms with Crippen molar-refractivity contribution in [2.24, 2.45) is 0 Å². The lowest BCUT2D eigenvalue weighted by atomic mass is 9.84. The Balaban J connectivity index is 1.56. The molecular formula is C18H27N3O2. The first-order chi connectivity index (χ1) is 11.2. The van der Waals surface area contributed by atoms with E-state index in [4.69, 9.17) is 0 Å². The second-order valence-corrected chi connectivity index (χ2v) is 6.92. The second-order valence-electron chi connectivity index (χ2n) is 6.92. The number of carbonyl (C=O) groups is 1. The van der Waals surface area contributed by atoms with Crippen molar-refractivity contribution < 1.29 is 9.90 Å². The van der Waals surface area contributed by atoms with Crippen molar-refractivity contribution >= 4 is 5.91 Å². The van der Waals surface area contributed by atoms with Crippen LogP contribution >= 0.6 is 0 Å². The van der Waals surface area contributed by atoms with E-state index in [0.717, 1.165) is 58.3 Å². The summed E-state index contributed by atoms with van der Waals surface area (Å²) in [5.74, 6) is 0.0174. The maximum Gasteiger partial charge on any atom is 0.272 e. The van der Waals surface area contributed by atoms with E-state index in [0.29, 0.717) is 12.2 Å². The van der Waals surface area contributed by atoms with Gasteiger partial charge in [-0.1, -0.05) is 25.3 Å². The van der Waals surface area contributed by atoms with Crippen LogP contribution in [0.4, 0.5) is 0 Å². The molecule has 0 spiro atoms. The molecule has 1 amide bonds. The number of aliphatic hydroxyl groups is 1. The molecule has 3 rings (SSSR count). The number of hydrogen-bond acceptors (Lipinski definition) is 4. The van der Waals surface area contributed by atoms with Crippen LogP contribution in [0, 0.1) is 0 Å². The van der Waals surface area contributed by atoms with Crippen LogP contribution in [-0.2, 0) is 0 Å². The van der Waals surface area contributed by atoms with Gasteiger partial charge in [-0.3, -0.25) is 14.7 Å². The summed E-state index contributed by atoms with van der Waals surface area (Å²) in [7, 11) is 0. The molecule has 1 aromatic rings. The second kappa shape index (κ2) is 7.41. The Morgan fingerprint density at radius 3 is 2.65 bits per heavy atom. The summed E-state index contributed by atoms with van der Waals surface area (Å²) >= 11 is 0. The normalized spacial score (nSPS) is 22.6. The Kier molecular flexibility index (Phi) is 5.28. The highest BCUT2D eigenvalue weighted by atomic mass is 16.3. The zero-order valence-corrected chi connectivity index (χ0v) is 13.8. The van der Waals surface area contributed by atoms with Crippen molar-refractivity contribution in [1.29, 1.82) is 0 Å². The fourth-order valence-corrected chi connectivity index (χ4v) is 3.77. The molecular weight excluding hydrogens is 290 g/mol. The number of hydrogen-bond donors (Lipinski definition) is 1. The van der Waals surface area contributed by atoms with Crippen molar-refractivity contribution in [2.45, 2.75) is 44.1 Å². The Bertz CT molecular complexity index is 514. The van der Waals surface area contributed by atoms with Gasteiger partial charge in [0, 0.05) is 38.9 Å². The maximum absolute atomic E-state index is 12.5. The highest BCUT2D eigenvalue weighted by Gasteiger charge is 2.32. The Hall–Kier alpha value is -1.46. The Morgan fingerprint density at radius 2 is 1.91 bits per heavy atom. The number of pyridine rings is 1. The SMILES string of the molecule is O=C(c1ccccn1)N1CCCN(CC2(O)CCCCC2)CC1. The van der Waals surface area contributed by atoms with Gasteiger partial charge in [0.15, 0.2) is 0 Å². The molecule has 5 heteroatoms. The van der Waals surface area contributed by atoms with Crippen molar-refractivity contribution in [1.82, 2.24) is 14.8 Å². The first-order valence-electron chi connectivity index (χ1n) is 8.81. The highest BCUT2D eigenvalue weighted by Crippen LogP contribution is 2.29. The van der Waals surface area contributed by atoms with Crippen molar-refractivity contribution in [3.8, 4) is 0 Å². The minimum absolute atomic E-state index is 0.0174. The van der Waals surface area contributed by atoms with Crippen LogP contribution in [0.15, 0.2) is 24.4 Å². The zero-order chi connectivity index (χ0) is 16.1. The smallest absolute Gasteiger partial charge is 0.272 e. The lowest BCUT2D eigenvalue weighted by Gasteiger charge is -2.36. The van der Waals surface area contributed by atoms with Crippen LogP contribution in [0.3, 0.4) is 0 Å². The first kappa shape index (κ1) is 16.4. The summed E-state index contributed by atoms with van der Waals surface area (Å²) in [5.41, 5.74) is 0.00478. The summed E-state index contributed by atoms with van der Waals surface area (Å²) in [6.07, 6.45) is 7.96. The molecule has 126 valence electrons. The average Bonchev–Trinajstić information content (AvgIpc) is 2.81. The third kappa shape index (κ3) is 4.30. The van der Waals surface area contributed by atoms with Gasteiger partial charge in [0.05, 0.1) is 5.60 Å². The van der Waals surface area contributed by atoms with Gasteiger partial charge in [-0.2, -0.15) is 0 Å². The van der Waals surface area contributed by atoms with Crippen molar-refractivity contribution in [3.05, 3.63) is 30.1 Å². The molecule has 1 aliphatic carbocycles. The molecule has 1 saturated heterocycles. The summed E-state index contributed by atoms with van der Waals surface area (Å²) in [5, 5.41) is 10.7. The molecule has 1 N–H and O–H groups in total. The molecule has 23 heavy (non-hydrogen) atoms. The number of rotatable bonds is 3. The number of amides is 1. The first-order valence-corrected chi connectivity index (χ1v) is 8.81. The topological polar surface area (TPSA) is 56.7 Å². The summed E-state index contributed by atoms with van der Waals surface area (Å²) in [6, 6.07) is 5.45. The van der Waals surface area contributed by atoms with Crippen LogP contribution < -0.4 is 0 Å². The third-order valence-corrected chi connectivity index (χ3v) is 5.06. The van der Waals surface area contributed by atoms with E-state index in [-0.39, 0.29) is 5.91 Å². The third-order valence-electron chi connectivity index (χ3n) is 5.06. The Morgan fingerprint density at radius 1 is 1.09 bits per heavy atom. The predicted octanol–water partition coefficient (Wildman–Crippen LogP) is 1.92. The fourth-order valence-electron chi connectivity index (χ4n) is 3.77. The van der Waals surface area contributed by atoms with E-state index in [1.165, 1.54) is 6.42 Å². The van der Waals surface area contributed by atoms with E-state index in [1.807, 2.05) is 17.0 Å². The quantitative estimate of drug-likeness (QED) is 0.925. The number of nitrogens with zero attached hydrogens (tertiary/aromatic N) is 3. The lowest BCUT2D eigenvalue weighted by Crippen LogP contribution is -2.45. The van der Waals surface area contributed by atoms with E-state index in [1.54, 1.807) is 12.3 Å². The maximum atomic E-state index is 12.5. The van der Waals surface area contributed by atoms with Gasteiger partial charge in [-0.15, -0.1) is 0 Å². The number of aromatic nitrogens is 1. The van der Waals surface area contributed by atoms with Gasteiger partial charge >= 0.3 is 0 Å². The molecule has 2 fully saturated rings. The average molecular weight is 317 g/mol. The van der Waals surface area contributed by atoms with E-state index < -0.39 is 5.60 Å². The molecule has 0 bridgehead atoms.